The number of anilines is 1. The van der Waals surface area contributed by atoms with Crippen LogP contribution in [0.15, 0.2) is 42.5 Å². The molecule has 2 aromatic rings. The third-order valence-corrected chi connectivity index (χ3v) is 3.21. The van der Waals surface area contributed by atoms with E-state index in [0.717, 1.165) is 23.7 Å². The van der Waals surface area contributed by atoms with Crippen molar-refractivity contribution in [3.05, 3.63) is 59.4 Å². The maximum atomic E-state index is 13.1. The molecular weight excluding hydrogens is 253 g/mol. The fourth-order valence-electron chi connectivity index (χ4n) is 2.11. The molecule has 106 valence electrons. The summed E-state index contributed by atoms with van der Waals surface area (Å²) in [6.07, 6.45) is 3.51. The van der Waals surface area contributed by atoms with Gasteiger partial charge in [0.05, 0.1) is 0 Å². The first-order chi connectivity index (χ1) is 9.67. The van der Waals surface area contributed by atoms with E-state index in [1.165, 1.54) is 24.5 Å². The van der Waals surface area contributed by atoms with E-state index in [9.17, 15) is 9.50 Å². The number of unbranched alkanes of at least 4 members (excludes halogenated alkanes) is 1. The quantitative estimate of drug-likeness (QED) is 0.813. The second-order valence-corrected chi connectivity index (χ2v) is 4.97. The minimum Gasteiger partial charge on any atom is -0.508 e. The Hall–Kier alpha value is -2.03. The van der Waals surface area contributed by atoms with Crippen LogP contribution >= 0.6 is 0 Å². The molecule has 0 aliphatic carbocycles. The summed E-state index contributed by atoms with van der Waals surface area (Å²) in [6, 6.07) is 12.4. The largest absolute Gasteiger partial charge is 0.508 e. The molecule has 3 heteroatoms. The van der Waals surface area contributed by atoms with Gasteiger partial charge in [-0.15, -0.1) is 0 Å². The molecule has 0 aliphatic heterocycles. The van der Waals surface area contributed by atoms with E-state index < -0.39 is 5.82 Å². The summed E-state index contributed by atoms with van der Waals surface area (Å²) in [6.45, 7) is 2.67. The Bertz CT molecular complexity index is 531. The van der Waals surface area contributed by atoms with Crippen molar-refractivity contribution in [2.24, 2.45) is 0 Å². The van der Waals surface area contributed by atoms with Crippen molar-refractivity contribution in [2.75, 3.05) is 5.32 Å². The smallest absolute Gasteiger partial charge is 0.127 e. The van der Waals surface area contributed by atoms with Crippen LogP contribution in [-0.4, -0.2) is 5.11 Å². The second kappa shape index (κ2) is 6.94. The summed E-state index contributed by atoms with van der Waals surface area (Å²) in [4.78, 5) is 0. The Labute approximate surface area is 119 Å². The highest BCUT2D eigenvalue weighted by Crippen LogP contribution is 2.17. The van der Waals surface area contributed by atoms with Gasteiger partial charge in [-0.25, -0.2) is 4.39 Å². The molecule has 0 atom stereocenters. The molecular formula is C17H20FNO. The summed E-state index contributed by atoms with van der Waals surface area (Å²) in [5.41, 5.74) is 3.05. The number of phenols is 1. The maximum absolute atomic E-state index is 13.1. The van der Waals surface area contributed by atoms with Gasteiger partial charge in [0.1, 0.15) is 11.6 Å². The highest BCUT2D eigenvalue weighted by Gasteiger charge is 2.00. The lowest BCUT2D eigenvalue weighted by molar-refractivity contribution is 0.468. The second-order valence-electron chi connectivity index (χ2n) is 4.97. The number of hydrogen-bond donors (Lipinski definition) is 2. The zero-order valence-corrected chi connectivity index (χ0v) is 11.7. The fraction of sp³-hybridized carbons (Fsp3) is 0.294. The number of nitrogens with one attached hydrogen (secondary N) is 1. The van der Waals surface area contributed by atoms with Crippen molar-refractivity contribution in [1.82, 2.24) is 0 Å². The van der Waals surface area contributed by atoms with E-state index >= 15 is 0 Å². The normalized spacial score (nSPS) is 10.5. The molecule has 0 bridgehead atoms. The van der Waals surface area contributed by atoms with Crippen molar-refractivity contribution < 1.29 is 9.50 Å². The minimum atomic E-state index is -0.420. The molecule has 0 amide bonds. The standard InChI is InChI=1S/C17H20FNO/c1-2-3-4-13-5-7-16(8-6-13)19-12-14-9-15(18)11-17(20)10-14/h5-11,19-20H,2-4,12H2,1H3. The zero-order chi connectivity index (χ0) is 14.4. The SMILES string of the molecule is CCCCc1ccc(NCc2cc(O)cc(F)c2)cc1. The first-order valence-electron chi connectivity index (χ1n) is 6.98. The topological polar surface area (TPSA) is 32.3 Å². The molecule has 2 rings (SSSR count). The first-order valence-corrected chi connectivity index (χ1v) is 6.98. The number of benzene rings is 2. The van der Waals surface area contributed by atoms with Crippen molar-refractivity contribution in [3.63, 3.8) is 0 Å². The number of hydrogen-bond acceptors (Lipinski definition) is 2. The van der Waals surface area contributed by atoms with Gasteiger partial charge in [-0.2, -0.15) is 0 Å². The van der Waals surface area contributed by atoms with E-state index in [1.54, 1.807) is 6.07 Å². The molecule has 0 fully saturated rings. The Morgan fingerprint density at radius 2 is 1.80 bits per heavy atom. The lowest BCUT2D eigenvalue weighted by Crippen LogP contribution is -2.00. The predicted octanol–water partition coefficient (Wildman–Crippen LogP) is 4.49. The maximum Gasteiger partial charge on any atom is 0.127 e. The lowest BCUT2D eigenvalue weighted by atomic mass is 10.1. The van der Waals surface area contributed by atoms with Crippen molar-refractivity contribution in [2.45, 2.75) is 32.7 Å². The molecule has 0 unspecified atom stereocenters. The van der Waals surface area contributed by atoms with E-state index in [4.69, 9.17) is 0 Å². The predicted molar refractivity (Wildman–Crippen MR) is 80.4 cm³/mol. The van der Waals surface area contributed by atoms with Crippen molar-refractivity contribution >= 4 is 5.69 Å². The van der Waals surface area contributed by atoms with Crippen LogP contribution in [0.1, 0.15) is 30.9 Å². The van der Waals surface area contributed by atoms with Gasteiger partial charge in [0, 0.05) is 18.3 Å². The number of aryl methyl sites for hydroxylation is 1. The zero-order valence-electron chi connectivity index (χ0n) is 11.7. The molecule has 0 radical (unpaired) electrons. The van der Waals surface area contributed by atoms with Crippen LogP contribution in [0.3, 0.4) is 0 Å². The Morgan fingerprint density at radius 1 is 1.05 bits per heavy atom. The minimum absolute atomic E-state index is 0.0447. The summed E-state index contributed by atoms with van der Waals surface area (Å²) in [7, 11) is 0. The summed E-state index contributed by atoms with van der Waals surface area (Å²) in [5.74, 6) is -0.464. The average molecular weight is 273 g/mol. The van der Waals surface area contributed by atoms with E-state index in [0.29, 0.717) is 6.54 Å². The Kier molecular flexibility index (Phi) is 4.99. The van der Waals surface area contributed by atoms with Crippen molar-refractivity contribution in [1.29, 1.82) is 0 Å². The summed E-state index contributed by atoms with van der Waals surface area (Å²) in [5, 5.41) is 12.6. The Morgan fingerprint density at radius 3 is 2.45 bits per heavy atom. The molecule has 0 aliphatic rings. The highest BCUT2D eigenvalue weighted by molar-refractivity contribution is 5.45. The van der Waals surface area contributed by atoms with Gasteiger partial charge in [0.15, 0.2) is 0 Å². The number of aromatic hydroxyl groups is 1. The highest BCUT2D eigenvalue weighted by atomic mass is 19.1. The number of phenolic OH excluding ortho intramolecular Hbond substituents is 1. The average Bonchev–Trinajstić information content (AvgIpc) is 2.43. The van der Waals surface area contributed by atoms with Crippen LogP contribution in [0.2, 0.25) is 0 Å². The molecule has 0 aromatic heterocycles. The molecule has 2 nitrogen and oxygen atoms in total. The third kappa shape index (κ3) is 4.26. The first kappa shape index (κ1) is 14.4. The third-order valence-electron chi connectivity index (χ3n) is 3.21. The molecule has 0 saturated heterocycles. The lowest BCUT2D eigenvalue weighted by Gasteiger charge is -2.08. The van der Waals surface area contributed by atoms with Crippen molar-refractivity contribution in [3.8, 4) is 5.75 Å². The van der Waals surface area contributed by atoms with Gasteiger partial charge in [0.2, 0.25) is 0 Å². The van der Waals surface area contributed by atoms with Crippen LogP contribution in [-0.2, 0) is 13.0 Å². The van der Waals surface area contributed by atoms with Crippen LogP contribution in [0.4, 0.5) is 10.1 Å². The van der Waals surface area contributed by atoms with E-state index in [-0.39, 0.29) is 5.75 Å². The van der Waals surface area contributed by atoms with E-state index in [1.807, 2.05) is 12.1 Å². The van der Waals surface area contributed by atoms with Crippen LogP contribution in [0.25, 0.3) is 0 Å². The van der Waals surface area contributed by atoms with Gasteiger partial charge < -0.3 is 10.4 Å². The summed E-state index contributed by atoms with van der Waals surface area (Å²) < 4.78 is 13.1. The molecule has 20 heavy (non-hydrogen) atoms. The van der Waals surface area contributed by atoms with Gasteiger partial charge in [-0.05, 0) is 48.2 Å². The molecule has 0 saturated carbocycles. The van der Waals surface area contributed by atoms with Crippen LogP contribution in [0, 0.1) is 5.82 Å². The van der Waals surface area contributed by atoms with E-state index in [2.05, 4.69) is 24.4 Å². The monoisotopic (exact) mass is 273 g/mol. The van der Waals surface area contributed by atoms with Crippen LogP contribution < -0.4 is 5.32 Å². The molecule has 0 heterocycles. The number of rotatable bonds is 6. The number of halogens is 1. The summed E-state index contributed by atoms with van der Waals surface area (Å²) >= 11 is 0. The van der Waals surface area contributed by atoms with Crippen LogP contribution in [0.5, 0.6) is 5.75 Å². The fourth-order valence-corrected chi connectivity index (χ4v) is 2.11. The Balaban J connectivity index is 1.93. The molecule has 0 spiro atoms. The van der Waals surface area contributed by atoms with Gasteiger partial charge in [0.25, 0.3) is 0 Å². The van der Waals surface area contributed by atoms with Gasteiger partial charge >= 0.3 is 0 Å². The molecule has 2 N–H and O–H groups in total. The molecule has 2 aromatic carbocycles. The van der Waals surface area contributed by atoms with Gasteiger partial charge in [-0.1, -0.05) is 25.5 Å². The van der Waals surface area contributed by atoms with Gasteiger partial charge in [-0.3, -0.25) is 0 Å².